The van der Waals surface area contributed by atoms with Crippen molar-refractivity contribution in [1.29, 1.82) is 5.26 Å². The number of halogens is 1. The molecule has 2 N–H and O–H groups in total. The highest BCUT2D eigenvalue weighted by Gasteiger charge is 2.48. The molecule has 5 aliphatic heterocycles. The summed E-state index contributed by atoms with van der Waals surface area (Å²) in [5, 5.41) is 24.0. The molecule has 1 aliphatic carbocycles. The van der Waals surface area contributed by atoms with Gasteiger partial charge in [-0.05, 0) is 113 Å². The second-order valence-electron chi connectivity index (χ2n) is 17.3. The summed E-state index contributed by atoms with van der Waals surface area (Å²) in [5.41, 5.74) is 4.38. The zero-order chi connectivity index (χ0) is 40.8. The second-order valence-corrected chi connectivity index (χ2v) is 17.7. The second kappa shape index (κ2) is 16.1. The lowest BCUT2D eigenvalue weighted by atomic mass is 9.73. The highest BCUT2D eigenvalue weighted by molar-refractivity contribution is 6.32. The number of aromatic nitrogens is 2. The molecule has 6 heterocycles. The number of imide groups is 1. The molecule has 15 heteroatoms. The molecule has 0 radical (unpaired) electrons. The molecule has 2 aromatic carbocycles. The van der Waals surface area contributed by atoms with E-state index in [4.69, 9.17) is 16.3 Å². The molecule has 14 nitrogen and oxygen atoms in total. The van der Waals surface area contributed by atoms with Crippen molar-refractivity contribution in [3.63, 3.8) is 0 Å². The fourth-order valence-electron chi connectivity index (χ4n) is 10.3. The summed E-state index contributed by atoms with van der Waals surface area (Å²) in [6, 6.07) is 15.1. The highest BCUT2D eigenvalue weighted by Crippen LogP contribution is 2.50. The molecule has 59 heavy (non-hydrogen) atoms. The monoisotopic (exact) mass is 819 g/mol. The van der Waals surface area contributed by atoms with E-state index in [1.807, 2.05) is 24.3 Å². The number of nitriles is 1. The van der Waals surface area contributed by atoms with Crippen LogP contribution in [0, 0.1) is 17.2 Å². The van der Waals surface area contributed by atoms with Gasteiger partial charge in [0, 0.05) is 73.0 Å². The van der Waals surface area contributed by atoms with Crippen LogP contribution in [0.3, 0.4) is 0 Å². The Labute approximate surface area is 349 Å². The Morgan fingerprint density at radius 2 is 1.78 bits per heavy atom. The predicted molar refractivity (Wildman–Crippen MR) is 220 cm³/mol. The van der Waals surface area contributed by atoms with E-state index in [0.717, 1.165) is 107 Å². The van der Waals surface area contributed by atoms with Crippen LogP contribution in [0.1, 0.15) is 102 Å². The van der Waals surface area contributed by atoms with Gasteiger partial charge in [-0.25, -0.2) is 0 Å². The number of carbonyl (C=O) groups excluding carboxylic acids is 4. The number of piperidine rings is 3. The lowest BCUT2D eigenvalue weighted by molar-refractivity contribution is -0.136. The van der Waals surface area contributed by atoms with E-state index < -0.39 is 11.9 Å². The highest BCUT2D eigenvalue weighted by atomic mass is 35.5. The summed E-state index contributed by atoms with van der Waals surface area (Å²) in [7, 11) is 2.05. The zero-order valence-electron chi connectivity index (χ0n) is 33.4. The minimum absolute atomic E-state index is 0.0722. The van der Waals surface area contributed by atoms with Crippen LogP contribution in [0.2, 0.25) is 5.02 Å². The molecule has 4 amide bonds. The van der Waals surface area contributed by atoms with E-state index in [0.29, 0.717) is 53.4 Å². The molecule has 1 saturated carbocycles. The van der Waals surface area contributed by atoms with Crippen molar-refractivity contribution in [2.45, 2.75) is 94.3 Å². The molecule has 3 aromatic rings. The number of amides is 4. The number of carbonyl (C=O) groups is 4. The van der Waals surface area contributed by atoms with E-state index in [2.05, 4.69) is 54.7 Å². The number of nitrogens with one attached hydrogen (secondary N) is 2. The number of anilines is 2. The van der Waals surface area contributed by atoms with Gasteiger partial charge in [0.05, 0.1) is 23.7 Å². The topological polar surface area (TPSA) is 164 Å². The van der Waals surface area contributed by atoms with Crippen molar-refractivity contribution < 1.29 is 23.9 Å². The van der Waals surface area contributed by atoms with Crippen LogP contribution in [-0.4, -0.2) is 108 Å². The first-order valence-corrected chi connectivity index (χ1v) is 21.4. The third-order valence-corrected chi connectivity index (χ3v) is 14.3. The average Bonchev–Trinajstić information content (AvgIpc) is 3.78. The predicted octanol–water partition coefficient (Wildman–Crippen LogP) is 4.58. The fraction of sp³-hybridized carbons (Fsp3) is 0.523. The lowest BCUT2D eigenvalue weighted by Gasteiger charge is -2.41. The first-order valence-electron chi connectivity index (χ1n) is 21.1. The first kappa shape index (κ1) is 39.2. The Hall–Kier alpha value is -5.26. The van der Waals surface area contributed by atoms with Crippen LogP contribution in [-0.2, 0) is 21.5 Å². The number of likely N-dealkylation sites (tertiary alicyclic amines) is 1. The molecule has 1 atom stereocenters. The van der Waals surface area contributed by atoms with Crippen molar-refractivity contribution in [3.05, 3.63) is 75.4 Å². The summed E-state index contributed by atoms with van der Waals surface area (Å²) in [4.78, 5) is 59.4. The third-order valence-electron chi connectivity index (χ3n) is 13.9. The molecular formula is C44H50ClN9O5. The summed E-state index contributed by atoms with van der Waals surface area (Å²) in [5.74, 6) is 1.17. The van der Waals surface area contributed by atoms with Crippen LogP contribution in [0.5, 0.6) is 5.75 Å². The Bertz CT molecular complexity index is 2190. The maximum Gasteiger partial charge on any atom is 0.272 e. The molecule has 0 bridgehead atoms. The van der Waals surface area contributed by atoms with Gasteiger partial charge in [0.1, 0.15) is 17.9 Å². The van der Waals surface area contributed by atoms with Crippen LogP contribution < -0.4 is 25.2 Å². The van der Waals surface area contributed by atoms with Crippen molar-refractivity contribution in [3.8, 4) is 11.8 Å². The van der Waals surface area contributed by atoms with E-state index in [9.17, 15) is 24.4 Å². The number of hydrogen-bond acceptors (Lipinski definition) is 11. The number of ether oxygens (including phenoxy) is 1. The molecule has 1 aromatic heterocycles. The Morgan fingerprint density at radius 3 is 2.47 bits per heavy atom. The van der Waals surface area contributed by atoms with Gasteiger partial charge >= 0.3 is 0 Å². The molecule has 0 unspecified atom stereocenters. The average molecular weight is 820 g/mol. The van der Waals surface area contributed by atoms with Gasteiger partial charge in [-0.1, -0.05) is 17.7 Å². The molecule has 1 spiro atoms. The number of rotatable bonds is 8. The molecule has 308 valence electrons. The number of hydrogen-bond donors (Lipinski definition) is 2. The van der Waals surface area contributed by atoms with Crippen LogP contribution in [0.25, 0.3) is 0 Å². The number of benzene rings is 2. The first-order chi connectivity index (χ1) is 28.6. The largest absolute Gasteiger partial charge is 0.492 e. The van der Waals surface area contributed by atoms with Gasteiger partial charge in [0.2, 0.25) is 11.8 Å². The van der Waals surface area contributed by atoms with E-state index in [1.165, 1.54) is 5.56 Å². The van der Waals surface area contributed by atoms with E-state index in [1.54, 1.807) is 17.0 Å². The smallest absolute Gasteiger partial charge is 0.272 e. The number of fused-ring (bicyclic) bond motifs is 4. The summed E-state index contributed by atoms with van der Waals surface area (Å²) >= 11 is 6.27. The molecule has 9 rings (SSSR count). The van der Waals surface area contributed by atoms with E-state index >= 15 is 0 Å². The van der Waals surface area contributed by atoms with Crippen LogP contribution >= 0.6 is 11.6 Å². The Kier molecular flexibility index (Phi) is 10.7. The van der Waals surface area contributed by atoms with Crippen molar-refractivity contribution in [2.75, 3.05) is 56.2 Å². The minimum Gasteiger partial charge on any atom is -0.492 e. The molecular weight excluding hydrogens is 770 g/mol. The fourth-order valence-corrected chi connectivity index (χ4v) is 10.5. The molecule has 3 saturated heterocycles. The lowest BCUT2D eigenvalue weighted by Crippen LogP contribution is -2.52. The van der Waals surface area contributed by atoms with Gasteiger partial charge in [-0.2, -0.15) is 5.26 Å². The SMILES string of the molecule is CN(c1ccc(C#N)c(Cl)c1)C1CCC(NC(=O)c2ccc(N3CCC(CN4CCC5(CC4)COc4c5ccc5c4CN([C@H]4CCC(=O)NC4=O)C5=O)CC3)nn2)CC1. The summed E-state index contributed by atoms with van der Waals surface area (Å²) in [6.45, 7) is 5.77. The summed E-state index contributed by atoms with van der Waals surface area (Å²) in [6.07, 6.45) is 8.30. The van der Waals surface area contributed by atoms with Crippen molar-refractivity contribution in [1.82, 2.24) is 30.6 Å². The third kappa shape index (κ3) is 7.59. The van der Waals surface area contributed by atoms with Crippen LogP contribution in [0.15, 0.2) is 42.5 Å². The Morgan fingerprint density at radius 1 is 1.00 bits per heavy atom. The Balaban J connectivity index is 0.717. The summed E-state index contributed by atoms with van der Waals surface area (Å²) < 4.78 is 6.39. The van der Waals surface area contributed by atoms with Gasteiger partial charge in [0.25, 0.3) is 11.8 Å². The molecule has 4 fully saturated rings. The number of nitrogens with zero attached hydrogens (tertiary/aromatic N) is 7. The van der Waals surface area contributed by atoms with Gasteiger partial charge in [-0.3, -0.25) is 24.5 Å². The van der Waals surface area contributed by atoms with Crippen molar-refractivity contribution in [2.24, 2.45) is 5.92 Å². The minimum atomic E-state index is -0.638. The van der Waals surface area contributed by atoms with E-state index in [-0.39, 0.29) is 35.6 Å². The normalized spacial score (nSPS) is 24.3. The van der Waals surface area contributed by atoms with Gasteiger partial charge in [-0.15, -0.1) is 10.2 Å². The van der Waals surface area contributed by atoms with Crippen LogP contribution in [0.4, 0.5) is 11.5 Å². The quantitative estimate of drug-likeness (QED) is 0.306. The maximum atomic E-state index is 13.4. The molecule has 6 aliphatic rings. The van der Waals surface area contributed by atoms with Gasteiger partial charge < -0.3 is 29.7 Å². The zero-order valence-corrected chi connectivity index (χ0v) is 34.2. The maximum absolute atomic E-state index is 13.4. The van der Waals surface area contributed by atoms with Gasteiger partial charge in [0.15, 0.2) is 11.5 Å². The standard InChI is InChI=1S/C44H50ClN9O5/c1-51(31-5-2-28(23-46)35(45)22-31)30-6-3-29(4-7-30)47-41(56)36-10-12-38(50-49-36)53-18-14-27(15-19-53)24-52-20-16-44(17-21-52)26-59-40-33-25-54(37-11-13-39(55)48-42(37)57)43(58)32(33)8-9-34(40)44/h2,5,8-10,12,22,27,29-30,37H,3-4,6-7,11,13-21,24-26H2,1H3,(H,47,56)(H,48,55,57)/t29?,30?,37-/m0/s1. The van der Waals surface area contributed by atoms with Crippen molar-refractivity contribution >= 4 is 46.7 Å².